The molecule has 1 saturated heterocycles. The molecule has 2 heterocycles. The first-order valence-corrected chi connectivity index (χ1v) is 10.3. The number of aromatic nitrogens is 1. The molecule has 1 aromatic heterocycles. The van der Waals surface area contributed by atoms with Crippen LogP contribution >= 0.6 is 12.4 Å². The second-order valence-electron chi connectivity index (χ2n) is 7.83. The van der Waals surface area contributed by atoms with Crippen LogP contribution in [0.5, 0.6) is 11.5 Å². The number of carbonyl (C=O) groups is 1. The van der Waals surface area contributed by atoms with Gasteiger partial charge in [-0.2, -0.15) is 0 Å². The number of H-pyrrole nitrogens is 1. The number of halogens is 1. The number of fused-ring (bicyclic) bond motifs is 1. The van der Waals surface area contributed by atoms with Gasteiger partial charge in [-0.05, 0) is 56.7 Å². The van der Waals surface area contributed by atoms with Crippen molar-refractivity contribution in [3.63, 3.8) is 0 Å². The molecule has 3 N–H and O–H groups in total. The van der Waals surface area contributed by atoms with Crippen LogP contribution in [0, 0.1) is 11.8 Å². The first-order valence-electron chi connectivity index (χ1n) is 10.3. The number of rotatable bonds is 9. The Morgan fingerprint density at radius 2 is 2.10 bits per heavy atom. The molecule has 1 amide bonds. The van der Waals surface area contributed by atoms with E-state index in [0.29, 0.717) is 24.8 Å². The van der Waals surface area contributed by atoms with Gasteiger partial charge in [-0.15, -0.1) is 12.4 Å². The molecule has 7 heteroatoms. The van der Waals surface area contributed by atoms with Crippen LogP contribution in [0.4, 0.5) is 0 Å². The van der Waals surface area contributed by atoms with Crippen molar-refractivity contribution in [1.29, 1.82) is 0 Å². The Labute approximate surface area is 179 Å². The highest BCUT2D eigenvalue weighted by molar-refractivity contribution is 5.88. The zero-order chi connectivity index (χ0) is 19.9. The van der Waals surface area contributed by atoms with Crippen molar-refractivity contribution in [3.05, 3.63) is 23.9 Å². The first-order chi connectivity index (χ1) is 13.6. The van der Waals surface area contributed by atoms with Crippen LogP contribution in [-0.4, -0.2) is 44.7 Å². The molecule has 2 unspecified atom stereocenters. The fourth-order valence-electron chi connectivity index (χ4n) is 4.06. The van der Waals surface area contributed by atoms with Gasteiger partial charge in [0.1, 0.15) is 11.5 Å². The number of piperidine rings is 1. The van der Waals surface area contributed by atoms with E-state index in [1.54, 1.807) is 14.2 Å². The van der Waals surface area contributed by atoms with Gasteiger partial charge in [-0.1, -0.05) is 6.92 Å². The van der Waals surface area contributed by atoms with Gasteiger partial charge in [0.25, 0.3) is 0 Å². The van der Waals surface area contributed by atoms with E-state index in [2.05, 4.69) is 28.6 Å². The SMILES string of the molecule is COc1cc(OC)c2cc(CCCNC(=O)CC(C)C3CCCNC3)[nH]c2c1.Cl. The number of ether oxygens (including phenoxy) is 2. The average molecular weight is 424 g/mol. The van der Waals surface area contributed by atoms with E-state index >= 15 is 0 Å². The number of methoxy groups -OCH3 is 2. The minimum atomic E-state index is 0. The molecule has 3 rings (SSSR count). The summed E-state index contributed by atoms with van der Waals surface area (Å²) < 4.78 is 10.8. The van der Waals surface area contributed by atoms with Gasteiger partial charge >= 0.3 is 0 Å². The zero-order valence-corrected chi connectivity index (χ0v) is 18.5. The average Bonchev–Trinajstić information content (AvgIpc) is 3.13. The van der Waals surface area contributed by atoms with Crippen LogP contribution in [-0.2, 0) is 11.2 Å². The Morgan fingerprint density at radius 3 is 2.79 bits per heavy atom. The third-order valence-electron chi connectivity index (χ3n) is 5.78. The molecule has 1 aliphatic heterocycles. The van der Waals surface area contributed by atoms with Crippen molar-refractivity contribution >= 4 is 29.2 Å². The Morgan fingerprint density at radius 1 is 1.28 bits per heavy atom. The molecule has 0 aliphatic carbocycles. The van der Waals surface area contributed by atoms with E-state index in [1.807, 2.05) is 12.1 Å². The van der Waals surface area contributed by atoms with E-state index in [-0.39, 0.29) is 18.3 Å². The molecular formula is C22H34ClN3O3. The summed E-state index contributed by atoms with van der Waals surface area (Å²) in [7, 11) is 3.32. The summed E-state index contributed by atoms with van der Waals surface area (Å²) in [6.45, 7) is 5.05. The third kappa shape index (κ3) is 6.28. The number of hydrogen-bond donors (Lipinski definition) is 3. The monoisotopic (exact) mass is 423 g/mol. The van der Waals surface area contributed by atoms with Gasteiger partial charge in [-0.25, -0.2) is 0 Å². The van der Waals surface area contributed by atoms with Gasteiger partial charge in [0, 0.05) is 36.2 Å². The van der Waals surface area contributed by atoms with Crippen LogP contribution in [0.2, 0.25) is 0 Å². The summed E-state index contributed by atoms with van der Waals surface area (Å²) >= 11 is 0. The lowest BCUT2D eigenvalue weighted by Crippen LogP contribution is -2.35. The quantitative estimate of drug-likeness (QED) is 0.538. The van der Waals surface area contributed by atoms with E-state index in [4.69, 9.17) is 9.47 Å². The van der Waals surface area contributed by atoms with E-state index < -0.39 is 0 Å². The summed E-state index contributed by atoms with van der Waals surface area (Å²) in [6, 6.07) is 5.99. The standard InChI is InChI=1S/C22H33N3O3.ClH/c1-15(16-6-4-8-23-14-16)10-22(26)24-9-5-7-17-11-19-20(25-17)12-18(27-2)13-21(19)28-3;/h11-13,15-16,23,25H,4-10,14H2,1-3H3,(H,24,26);1H. The maximum Gasteiger partial charge on any atom is 0.220 e. The molecule has 0 spiro atoms. The largest absolute Gasteiger partial charge is 0.497 e. The smallest absolute Gasteiger partial charge is 0.220 e. The summed E-state index contributed by atoms with van der Waals surface area (Å²) in [5.41, 5.74) is 2.14. The summed E-state index contributed by atoms with van der Waals surface area (Å²) in [5.74, 6) is 2.80. The highest BCUT2D eigenvalue weighted by Gasteiger charge is 2.21. The predicted octanol–water partition coefficient (Wildman–Crippen LogP) is 3.68. The number of carbonyl (C=O) groups excluding carboxylic acids is 1. The Balaban J connectivity index is 0.00000300. The number of aryl methyl sites for hydroxylation is 1. The lowest BCUT2D eigenvalue weighted by atomic mass is 9.85. The number of nitrogens with one attached hydrogen (secondary N) is 3. The van der Waals surface area contributed by atoms with Gasteiger partial charge in [-0.3, -0.25) is 4.79 Å². The highest BCUT2D eigenvalue weighted by atomic mass is 35.5. The van der Waals surface area contributed by atoms with Crippen molar-refractivity contribution < 1.29 is 14.3 Å². The Kier molecular flexibility index (Phi) is 9.11. The fraction of sp³-hybridized carbons (Fsp3) is 0.591. The van der Waals surface area contributed by atoms with Crippen LogP contribution < -0.4 is 20.1 Å². The molecule has 1 aliphatic rings. The van der Waals surface area contributed by atoms with E-state index in [9.17, 15) is 4.79 Å². The van der Waals surface area contributed by atoms with Crippen LogP contribution in [0.3, 0.4) is 0 Å². The minimum absolute atomic E-state index is 0. The minimum Gasteiger partial charge on any atom is -0.497 e. The molecule has 29 heavy (non-hydrogen) atoms. The van der Waals surface area contributed by atoms with Gasteiger partial charge in [0.05, 0.1) is 19.7 Å². The van der Waals surface area contributed by atoms with Crippen molar-refractivity contribution in [2.75, 3.05) is 33.9 Å². The first kappa shape index (κ1) is 23.4. The predicted molar refractivity (Wildman–Crippen MR) is 119 cm³/mol. The maximum absolute atomic E-state index is 12.2. The lowest BCUT2D eigenvalue weighted by molar-refractivity contribution is -0.122. The molecule has 2 atom stereocenters. The normalized spacial score (nSPS) is 17.4. The molecule has 6 nitrogen and oxygen atoms in total. The Hall–Kier alpha value is -1.92. The van der Waals surface area contributed by atoms with Gasteiger partial charge in [0.2, 0.25) is 5.91 Å². The molecular weight excluding hydrogens is 390 g/mol. The van der Waals surface area contributed by atoms with E-state index in [1.165, 1.54) is 12.8 Å². The molecule has 0 radical (unpaired) electrons. The molecule has 1 aromatic carbocycles. The molecule has 2 aromatic rings. The van der Waals surface area contributed by atoms with Crippen molar-refractivity contribution in [1.82, 2.24) is 15.6 Å². The highest BCUT2D eigenvalue weighted by Crippen LogP contribution is 2.31. The van der Waals surface area contributed by atoms with Crippen molar-refractivity contribution in [3.8, 4) is 11.5 Å². The second kappa shape index (κ2) is 11.3. The molecule has 0 saturated carbocycles. The number of aromatic amines is 1. The summed E-state index contributed by atoms with van der Waals surface area (Å²) in [4.78, 5) is 15.7. The van der Waals surface area contributed by atoms with Crippen LogP contribution in [0.1, 0.15) is 38.3 Å². The van der Waals surface area contributed by atoms with Crippen LogP contribution in [0.25, 0.3) is 10.9 Å². The number of amides is 1. The summed E-state index contributed by atoms with van der Waals surface area (Å²) in [5, 5.41) is 7.57. The fourth-order valence-corrected chi connectivity index (χ4v) is 4.06. The molecule has 0 bridgehead atoms. The molecule has 1 fully saturated rings. The maximum atomic E-state index is 12.2. The van der Waals surface area contributed by atoms with E-state index in [0.717, 1.165) is 54.0 Å². The van der Waals surface area contributed by atoms with Crippen LogP contribution in [0.15, 0.2) is 18.2 Å². The zero-order valence-electron chi connectivity index (χ0n) is 17.7. The third-order valence-corrected chi connectivity index (χ3v) is 5.78. The van der Waals surface area contributed by atoms with Gasteiger partial charge < -0.3 is 25.1 Å². The van der Waals surface area contributed by atoms with Gasteiger partial charge in [0.15, 0.2) is 0 Å². The number of hydrogen-bond acceptors (Lipinski definition) is 4. The topological polar surface area (TPSA) is 75.4 Å². The van der Waals surface area contributed by atoms with Crippen molar-refractivity contribution in [2.45, 2.75) is 39.0 Å². The van der Waals surface area contributed by atoms with Crippen molar-refractivity contribution in [2.24, 2.45) is 11.8 Å². The summed E-state index contributed by atoms with van der Waals surface area (Å²) in [6.07, 6.45) is 4.85. The number of benzene rings is 1. The lowest BCUT2D eigenvalue weighted by Gasteiger charge is -2.28. The Bertz CT molecular complexity index is 787. The molecule has 162 valence electrons. The second-order valence-corrected chi connectivity index (χ2v) is 7.83.